The normalized spacial score (nSPS) is 15.2. The van der Waals surface area contributed by atoms with E-state index in [0.717, 1.165) is 0 Å². The first-order chi connectivity index (χ1) is 10.5. The molecule has 0 unspecified atom stereocenters. The molecule has 1 aromatic carbocycles. The Morgan fingerprint density at radius 2 is 2.09 bits per heavy atom. The van der Waals surface area contributed by atoms with Gasteiger partial charge in [0.25, 0.3) is 5.69 Å². The Bertz CT molecular complexity index is 618. The van der Waals surface area contributed by atoms with Crippen molar-refractivity contribution >= 4 is 17.3 Å². The number of nitro groups is 1. The molecule has 0 atom stereocenters. The molecule has 116 valence electrons. The Kier molecular flexibility index (Phi) is 4.91. The molecular formula is C14H16N4O4. The third-order valence-corrected chi connectivity index (χ3v) is 3.60. The molecule has 1 fully saturated rings. The monoisotopic (exact) mass is 304 g/mol. The lowest BCUT2D eigenvalue weighted by atomic mass is 10.1. The summed E-state index contributed by atoms with van der Waals surface area (Å²) in [5.74, 6) is -0.276. The van der Waals surface area contributed by atoms with E-state index in [1.165, 1.54) is 19.2 Å². The van der Waals surface area contributed by atoms with Crippen molar-refractivity contribution < 1.29 is 14.5 Å². The second-order valence-corrected chi connectivity index (χ2v) is 4.91. The molecule has 0 spiro atoms. The zero-order valence-corrected chi connectivity index (χ0v) is 12.2. The first-order valence-electron chi connectivity index (χ1n) is 6.78. The number of hydrogen-bond donors (Lipinski definition) is 0. The van der Waals surface area contributed by atoms with Gasteiger partial charge in [-0.15, -0.1) is 0 Å². The summed E-state index contributed by atoms with van der Waals surface area (Å²) >= 11 is 0. The molecule has 0 aliphatic carbocycles. The van der Waals surface area contributed by atoms with Crippen molar-refractivity contribution in [2.45, 2.75) is 0 Å². The zero-order valence-electron chi connectivity index (χ0n) is 12.2. The van der Waals surface area contributed by atoms with E-state index in [4.69, 9.17) is 0 Å². The van der Waals surface area contributed by atoms with Crippen molar-refractivity contribution in [3.8, 4) is 6.07 Å². The van der Waals surface area contributed by atoms with Crippen LogP contribution in [0.1, 0.15) is 5.56 Å². The molecule has 0 aromatic heterocycles. The molecule has 1 heterocycles. The van der Waals surface area contributed by atoms with Crippen LogP contribution in [0, 0.1) is 21.4 Å². The van der Waals surface area contributed by atoms with Crippen LogP contribution in [0.4, 0.5) is 11.4 Å². The van der Waals surface area contributed by atoms with Gasteiger partial charge < -0.3 is 9.64 Å². The predicted octanol–water partition coefficient (Wildman–Crippen LogP) is 0.761. The number of hydrogen-bond acceptors (Lipinski definition) is 7. The maximum absolute atomic E-state index is 11.2. The Hall–Kier alpha value is -2.66. The number of rotatable bonds is 4. The molecule has 0 bridgehead atoms. The van der Waals surface area contributed by atoms with Gasteiger partial charge in [0.2, 0.25) is 0 Å². The summed E-state index contributed by atoms with van der Waals surface area (Å²) in [7, 11) is 1.36. The number of nitro benzene ring substituents is 1. The molecular weight excluding hydrogens is 288 g/mol. The van der Waals surface area contributed by atoms with E-state index in [9.17, 15) is 20.2 Å². The van der Waals surface area contributed by atoms with Gasteiger partial charge in [-0.1, -0.05) is 0 Å². The van der Waals surface area contributed by atoms with Crippen LogP contribution in [-0.4, -0.2) is 55.6 Å². The highest BCUT2D eigenvalue weighted by Crippen LogP contribution is 2.25. The number of anilines is 1. The van der Waals surface area contributed by atoms with Crippen LogP contribution >= 0.6 is 0 Å². The van der Waals surface area contributed by atoms with Crippen LogP contribution < -0.4 is 4.90 Å². The molecule has 1 aromatic rings. The summed E-state index contributed by atoms with van der Waals surface area (Å²) in [6.45, 7) is 2.86. The maximum atomic E-state index is 11.2. The van der Waals surface area contributed by atoms with Crippen LogP contribution in [0.2, 0.25) is 0 Å². The van der Waals surface area contributed by atoms with Gasteiger partial charge >= 0.3 is 5.97 Å². The third kappa shape index (κ3) is 3.51. The van der Waals surface area contributed by atoms with Crippen LogP contribution in [0.25, 0.3) is 0 Å². The highest BCUT2D eigenvalue weighted by atomic mass is 16.6. The van der Waals surface area contributed by atoms with Gasteiger partial charge in [-0.2, -0.15) is 5.26 Å². The van der Waals surface area contributed by atoms with Crippen molar-refractivity contribution in [1.29, 1.82) is 5.26 Å². The van der Waals surface area contributed by atoms with Crippen molar-refractivity contribution in [3.05, 3.63) is 33.9 Å². The number of ether oxygens (including phenoxy) is 1. The van der Waals surface area contributed by atoms with E-state index in [2.05, 4.69) is 4.74 Å². The minimum absolute atomic E-state index is 0.0929. The maximum Gasteiger partial charge on any atom is 0.319 e. The molecule has 8 nitrogen and oxygen atoms in total. The summed E-state index contributed by atoms with van der Waals surface area (Å²) in [6.07, 6.45) is 0. The Morgan fingerprint density at radius 3 is 2.64 bits per heavy atom. The van der Waals surface area contributed by atoms with E-state index >= 15 is 0 Å². The number of nitriles is 1. The Morgan fingerprint density at radius 1 is 1.41 bits per heavy atom. The second kappa shape index (κ2) is 6.87. The third-order valence-electron chi connectivity index (χ3n) is 3.60. The Balaban J connectivity index is 2.07. The summed E-state index contributed by atoms with van der Waals surface area (Å²) in [6, 6.07) is 6.30. The van der Waals surface area contributed by atoms with Crippen LogP contribution in [0.15, 0.2) is 18.2 Å². The number of carbonyl (C=O) groups excluding carboxylic acids is 1. The lowest BCUT2D eigenvalue weighted by Crippen LogP contribution is -2.48. The summed E-state index contributed by atoms with van der Waals surface area (Å²) in [5, 5.41) is 20.0. The van der Waals surface area contributed by atoms with E-state index in [-0.39, 0.29) is 23.8 Å². The molecule has 0 saturated carbocycles. The number of piperazine rings is 1. The standard InChI is InChI=1S/C14H16N4O4/c1-22-14(19)10-16-4-6-17(7-5-16)13-3-2-12(18(20)21)8-11(13)9-15/h2-3,8H,4-7,10H2,1H3. The largest absolute Gasteiger partial charge is 0.468 e. The van der Waals surface area contributed by atoms with Gasteiger partial charge in [0.05, 0.1) is 29.8 Å². The van der Waals surface area contributed by atoms with Gasteiger partial charge in [0, 0.05) is 38.3 Å². The van der Waals surface area contributed by atoms with Gasteiger partial charge in [0.15, 0.2) is 0 Å². The number of nitrogens with zero attached hydrogens (tertiary/aromatic N) is 4. The molecule has 0 amide bonds. The second-order valence-electron chi connectivity index (χ2n) is 4.91. The number of esters is 1. The van der Waals surface area contributed by atoms with Gasteiger partial charge in [-0.25, -0.2) is 0 Å². The van der Waals surface area contributed by atoms with Crippen LogP contribution in [-0.2, 0) is 9.53 Å². The first kappa shape index (κ1) is 15.7. The topological polar surface area (TPSA) is 99.7 Å². The predicted molar refractivity (Wildman–Crippen MR) is 78.5 cm³/mol. The van der Waals surface area contributed by atoms with E-state index in [0.29, 0.717) is 31.9 Å². The fraction of sp³-hybridized carbons (Fsp3) is 0.429. The van der Waals surface area contributed by atoms with Gasteiger partial charge in [0.1, 0.15) is 6.07 Å². The lowest BCUT2D eigenvalue weighted by molar-refractivity contribution is -0.384. The van der Waals surface area contributed by atoms with E-state index in [1.54, 1.807) is 6.07 Å². The van der Waals surface area contributed by atoms with Crippen molar-refractivity contribution in [3.63, 3.8) is 0 Å². The molecule has 1 aliphatic rings. The van der Waals surface area contributed by atoms with Gasteiger partial charge in [-0.3, -0.25) is 19.8 Å². The van der Waals surface area contributed by atoms with Crippen LogP contribution in [0.3, 0.4) is 0 Å². The Labute approximate surface area is 127 Å². The molecule has 0 N–H and O–H groups in total. The van der Waals surface area contributed by atoms with Crippen molar-refractivity contribution in [2.75, 3.05) is 44.7 Å². The number of non-ortho nitro benzene ring substituents is 1. The number of benzene rings is 1. The molecule has 8 heteroatoms. The fourth-order valence-corrected chi connectivity index (χ4v) is 2.40. The molecule has 2 rings (SSSR count). The summed E-state index contributed by atoms with van der Waals surface area (Å²) in [5.41, 5.74) is 0.881. The minimum atomic E-state index is -0.515. The molecule has 1 saturated heterocycles. The average molecular weight is 304 g/mol. The smallest absolute Gasteiger partial charge is 0.319 e. The van der Waals surface area contributed by atoms with Crippen molar-refractivity contribution in [2.24, 2.45) is 0 Å². The summed E-state index contributed by atoms with van der Waals surface area (Å²) in [4.78, 5) is 25.5. The SMILES string of the molecule is COC(=O)CN1CCN(c2ccc([N+](=O)[O-])cc2C#N)CC1. The highest BCUT2D eigenvalue weighted by Gasteiger charge is 2.22. The minimum Gasteiger partial charge on any atom is -0.468 e. The van der Waals surface area contributed by atoms with Gasteiger partial charge in [-0.05, 0) is 6.07 Å². The fourth-order valence-electron chi connectivity index (χ4n) is 2.40. The quantitative estimate of drug-likeness (QED) is 0.460. The average Bonchev–Trinajstić information content (AvgIpc) is 2.54. The van der Waals surface area contributed by atoms with E-state index < -0.39 is 4.92 Å². The molecule has 0 radical (unpaired) electrons. The lowest BCUT2D eigenvalue weighted by Gasteiger charge is -2.35. The van der Waals surface area contributed by atoms with Crippen LogP contribution in [0.5, 0.6) is 0 Å². The van der Waals surface area contributed by atoms with E-state index in [1.807, 2.05) is 15.9 Å². The first-order valence-corrected chi connectivity index (χ1v) is 6.78. The number of methoxy groups -OCH3 is 1. The molecule has 22 heavy (non-hydrogen) atoms. The summed E-state index contributed by atoms with van der Waals surface area (Å²) < 4.78 is 4.64. The number of carbonyl (C=O) groups is 1. The zero-order chi connectivity index (χ0) is 16.1. The highest BCUT2D eigenvalue weighted by molar-refractivity contribution is 5.71. The molecule has 1 aliphatic heterocycles. The van der Waals surface area contributed by atoms with Crippen molar-refractivity contribution in [1.82, 2.24) is 4.90 Å².